The number of fused-ring (bicyclic) bond motifs is 1. The molecule has 0 fully saturated rings. The minimum Gasteiger partial charge on any atom is -0.396 e. The maximum Gasteiger partial charge on any atom is 0.272 e. The summed E-state index contributed by atoms with van der Waals surface area (Å²) in [6, 6.07) is 3.17. The van der Waals surface area contributed by atoms with Crippen LogP contribution in [0.5, 0.6) is 0 Å². The first-order valence-corrected chi connectivity index (χ1v) is 9.19. The van der Waals surface area contributed by atoms with Crippen LogP contribution < -0.4 is 5.56 Å². The van der Waals surface area contributed by atoms with Gasteiger partial charge in [0, 0.05) is 42.0 Å². The Morgan fingerprint density at radius 2 is 2.19 bits per heavy atom. The first-order chi connectivity index (χ1) is 12.3. The summed E-state index contributed by atoms with van der Waals surface area (Å²) in [4.78, 5) is 21.3. The monoisotopic (exact) mass is 390 g/mol. The zero-order valence-electron chi connectivity index (χ0n) is 14.8. The molecular weight excluding hydrogens is 367 g/mol. The summed E-state index contributed by atoms with van der Waals surface area (Å²) in [6.07, 6.45) is 1.45. The third-order valence-electron chi connectivity index (χ3n) is 4.22. The number of aliphatic hydroxyl groups is 1. The van der Waals surface area contributed by atoms with Crippen LogP contribution >= 0.6 is 11.8 Å². The SMILES string of the molecule is C.CC(C)(C)c1ncc(-c2nc3n(c(=O)c2C#N)CC(CO)CS3)cc1F. The van der Waals surface area contributed by atoms with E-state index in [4.69, 9.17) is 0 Å². The third-order valence-corrected chi connectivity index (χ3v) is 5.43. The Morgan fingerprint density at radius 1 is 1.48 bits per heavy atom. The van der Waals surface area contributed by atoms with Gasteiger partial charge in [-0.3, -0.25) is 14.3 Å². The van der Waals surface area contributed by atoms with Gasteiger partial charge < -0.3 is 5.11 Å². The third kappa shape index (κ3) is 3.89. The van der Waals surface area contributed by atoms with Crippen LogP contribution in [0.25, 0.3) is 11.3 Å². The number of aromatic nitrogens is 3. The van der Waals surface area contributed by atoms with Gasteiger partial charge in [-0.05, 0) is 6.07 Å². The highest BCUT2D eigenvalue weighted by Gasteiger charge is 2.26. The maximum absolute atomic E-state index is 14.5. The van der Waals surface area contributed by atoms with Crippen molar-refractivity contribution in [2.45, 2.75) is 45.3 Å². The molecule has 3 heterocycles. The van der Waals surface area contributed by atoms with Gasteiger partial charge in [0.15, 0.2) is 5.16 Å². The molecule has 2 aromatic heterocycles. The van der Waals surface area contributed by atoms with Crippen LogP contribution in [0.4, 0.5) is 4.39 Å². The van der Waals surface area contributed by atoms with Crippen molar-refractivity contribution >= 4 is 11.8 Å². The summed E-state index contributed by atoms with van der Waals surface area (Å²) >= 11 is 1.34. The van der Waals surface area contributed by atoms with E-state index < -0.39 is 16.8 Å². The topological polar surface area (TPSA) is 91.8 Å². The number of thioether (sulfide) groups is 1. The van der Waals surface area contributed by atoms with Crippen molar-refractivity contribution in [1.82, 2.24) is 14.5 Å². The normalized spacial score (nSPS) is 16.2. The summed E-state index contributed by atoms with van der Waals surface area (Å²) in [5.41, 5.74) is -0.313. The lowest BCUT2D eigenvalue weighted by Crippen LogP contribution is -2.34. The summed E-state index contributed by atoms with van der Waals surface area (Å²) in [6.45, 7) is 5.85. The second kappa shape index (κ2) is 7.79. The Morgan fingerprint density at radius 3 is 2.74 bits per heavy atom. The molecule has 0 saturated heterocycles. The van der Waals surface area contributed by atoms with Crippen LogP contribution in [0.3, 0.4) is 0 Å². The molecule has 0 spiro atoms. The van der Waals surface area contributed by atoms with E-state index in [2.05, 4.69) is 9.97 Å². The Balaban J connectivity index is 0.00000261. The molecule has 1 N–H and O–H groups in total. The largest absolute Gasteiger partial charge is 0.396 e. The lowest BCUT2D eigenvalue weighted by Gasteiger charge is -2.24. The van der Waals surface area contributed by atoms with Gasteiger partial charge in [0.2, 0.25) is 0 Å². The van der Waals surface area contributed by atoms with Crippen LogP contribution in [0, 0.1) is 23.1 Å². The lowest BCUT2D eigenvalue weighted by molar-refractivity contribution is 0.217. The first-order valence-electron chi connectivity index (χ1n) is 8.21. The van der Waals surface area contributed by atoms with Gasteiger partial charge in [-0.25, -0.2) is 9.37 Å². The molecule has 1 unspecified atom stereocenters. The highest BCUT2D eigenvalue weighted by molar-refractivity contribution is 7.99. The van der Waals surface area contributed by atoms with Gasteiger partial charge in [-0.1, -0.05) is 40.0 Å². The summed E-state index contributed by atoms with van der Waals surface area (Å²) in [7, 11) is 0. The molecule has 0 saturated carbocycles. The Hall–Kier alpha value is -2.24. The second-order valence-corrected chi connectivity index (χ2v) is 8.30. The fourth-order valence-corrected chi connectivity index (χ4v) is 3.91. The van der Waals surface area contributed by atoms with Crippen molar-refractivity contribution in [2.24, 2.45) is 5.92 Å². The number of nitriles is 1. The van der Waals surface area contributed by atoms with Crippen molar-refractivity contribution in [3.63, 3.8) is 0 Å². The summed E-state index contributed by atoms with van der Waals surface area (Å²) in [5.74, 6) is 0.0743. The predicted molar refractivity (Wildman–Crippen MR) is 103 cm³/mol. The molecule has 3 rings (SSSR count). The Bertz CT molecular complexity index is 960. The van der Waals surface area contributed by atoms with Gasteiger partial charge in [0.25, 0.3) is 5.56 Å². The molecule has 1 aliphatic rings. The fourth-order valence-electron chi connectivity index (χ4n) is 2.85. The Kier molecular flexibility index (Phi) is 6.07. The molecule has 0 aromatic carbocycles. The van der Waals surface area contributed by atoms with E-state index in [0.29, 0.717) is 28.7 Å². The zero-order valence-corrected chi connectivity index (χ0v) is 15.6. The minimum absolute atomic E-state index is 0. The second-order valence-electron chi connectivity index (χ2n) is 7.31. The van der Waals surface area contributed by atoms with E-state index >= 15 is 0 Å². The Labute approximate surface area is 162 Å². The molecule has 1 aliphatic heterocycles. The minimum atomic E-state index is -0.494. The van der Waals surface area contributed by atoms with Crippen molar-refractivity contribution in [2.75, 3.05) is 12.4 Å². The molecular formula is C19H23FN4O2S. The zero-order chi connectivity index (χ0) is 19.1. The van der Waals surface area contributed by atoms with Crippen molar-refractivity contribution < 1.29 is 9.50 Å². The molecule has 1 atom stereocenters. The van der Waals surface area contributed by atoms with Crippen molar-refractivity contribution in [3.05, 3.63) is 39.7 Å². The number of rotatable bonds is 2. The number of halogens is 1. The average Bonchev–Trinajstić information content (AvgIpc) is 2.60. The first kappa shape index (κ1) is 21.1. The number of nitrogens with zero attached hydrogens (tertiary/aromatic N) is 4. The number of pyridine rings is 1. The van der Waals surface area contributed by atoms with E-state index in [1.807, 2.05) is 26.8 Å². The van der Waals surface area contributed by atoms with E-state index in [1.54, 1.807) is 0 Å². The van der Waals surface area contributed by atoms with Gasteiger partial charge in [0.05, 0.1) is 11.4 Å². The van der Waals surface area contributed by atoms with Crippen LogP contribution in [0.2, 0.25) is 0 Å². The summed E-state index contributed by atoms with van der Waals surface area (Å²) < 4.78 is 15.9. The molecule has 8 heteroatoms. The van der Waals surface area contributed by atoms with Crippen LogP contribution in [0.1, 0.15) is 39.5 Å². The molecule has 2 aromatic rings. The smallest absolute Gasteiger partial charge is 0.272 e. The standard InChI is InChI=1S/C18H19FN4O2S.CH4/c1-18(2,3)15-13(19)4-11(6-21-15)14-12(5-20)16(25)23-7-10(8-24)9-26-17(23)22-14;/h4,6,10,24H,7-9H2,1-3H3;1H4. The van der Waals surface area contributed by atoms with Crippen LogP contribution in [0.15, 0.2) is 22.2 Å². The molecule has 0 bridgehead atoms. The molecule has 6 nitrogen and oxygen atoms in total. The molecule has 0 amide bonds. The summed E-state index contributed by atoms with van der Waals surface area (Å²) in [5, 5.41) is 19.3. The quantitative estimate of drug-likeness (QED) is 0.793. The highest BCUT2D eigenvalue weighted by atomic mass is 32.2. The molecule has 144 valence electrons. The maximum atomic E-state index is 14.5. The molecule has 0 radical (unpaired) electrons. The number of hydrogen-bond acceptors (Lipinski definition) is 6. The van der Waals surface area contributed by atoms with Gasteiger partial charge in [-0.2, -0.15) is 5.26 Å². The van der Waals surface area contributed by atoms with E-state index in [0.717, 1.165) is 0 Å². The van der Waals surface area contributed by atoms with Gasteiger partial charge in [-0.15, -0.1) is 0 Å². The molecule has 0 aliphatic carbocycles. The van der Waals surface area contributed by atoms with Gasteiger partial charge in [0.1, 0.15) is 17.4 Å². The van der Waals surface area contributed by atoms with E-state index in [1.165, 1.54) is 28.6 Å². The fraction of sp³-hybridized carbons (Fsp3) is 0.474. The number of aliphatic hydroxyl groups excluding tert-OH is 1. The van der Waals surface area contributed by atoms with Crippen molar-refractivity contribution in [1.29, 1.82) is 5.26 Å². The highest BCUT2D eigenvalue weighted by Crippen LogP contribution is 2.30. The number of hydrogen-bond donors (Lipinski definition) is 1. The van der Waals surface area contributed by atoms with E-state index in [-0.39, 0.29) is 31.2 Å². The van der Waals surface area contributed by atoms with E-state index in [9.17, 15) is 19.6 Å². The van der Waals surface area contributed by atoms with Crippen LogP contribution in [-0.4, -0.2) is 32.0 Å². The van der Waals surface area contributed by atoms with Gasteiger partial charge >= 0.3 is 0 Å². The predicted octanol–water partition coefficient (Wildman–Crippen LogP) is 2.96. The van der Waals surface area contributed by atoms with Crippen molar-refractivity contribution in [3.8, 4) is 17.3 Å². The lowest BCUT2D eigenvalue weighted by atomic mass is 9.90. The molecule has 27 heavy (non-hydrogen) atoms. The average molecular weight is 390 g/mol. The van der Waals surface area contributed by atoms with Crippen LogP contribution in [-0.2, 0) is 12.0 Å².